The van der Waals surface area contributed by atoms with Gasteiger partial charge in [0.25, 0.3) is 0 Å². The van der Waals surface area contributed by atoms with Crippen LogP contribution in [0.1, 0.15) is 20.8 Å². The minimum absolute atomic E-state index is 0.228. The summed E-state index contributed by atoms with van der Waals surface area (Å²) in [6, 6.07) is 8.15. The molecule has 0 spiro atoms. The van der Waals surface area contributed by atoms with Crippen molar-refractivity contribution in [3.05, 3.63) is 24.3 Å². The molecule has 0 heterocycles. The summed E-state index contributed by atoms with van der Waals surface area (Å²) in [7, 11) is 3.84. The fourth-order valence-corrected chi connectivity index (χ4v) is 2.19. The summed E-state index contributed by atoms with van der Waals surface area (Å²) in [5, 5.41) is 3.42. The topological polar surface area (TPSA) is 24.5 Å². The molecule has 1 N–H and O–H groups in total. The molecule has 3 heteroatoms. The Labute approximate surface area is 111 Å². The maximum absolute atomic E-state index is 5.40. The summed E-state index contributed by atoms with van der Waals surface area (Å²) in [5.41, 5.74) is 1.37. The van der Waals surface area contributed by atoms with Crippen LogP contribution in [0.4, 0.5) is 5.69 Å². The summed E-state index contributed by atoms with van der Waals surface area (Å²) in [6.07, 6.45) is 0. The van der Waals surface area contributed by atoms with Crippen molar-refractivity contribution in [2.24, 2.45) is 5.41 Å². The molecule has 0 bridgehead atoms. The van der Waals surface area contributed by atoms with Crippen LogP contribution < -0.4 is 15.0 Å². The van der Waals surface area contributed by atoms with Gasteiger partial charge in [-0.05, 0) is 24.1 Å². The molecule has 3 nitrogen and oxygen atoms in total. The van der Waals surface area contributed by atoms with Crippen LogP contribution in [0.15, 0.2) is 24.3 Å². The first-order valence-electron chi connectivity index (χ1n) is 6.55. The van der Waals surface area contributed by atoms with E-state index in [1.165, 1.54) is 0 Å². The maximum atomic E-state index is 5.40. The van der Waals surface area contributed by atoms with Gasteiger partial charge in [0.05, 0.1) is 12.8 Å². The molecule has 0 aliphatic rings. The van der Waals surface area contributed by atoms with Crippen molar-refractivity contribution in [3.8, 4) is 5.75 Å². The normalized spacial score (nSPS) is 11.4. The van der Waals surface area contributed by atoms with Gasteiger partial charge in [0.1, 0.15) is 5.75 Å². The van der Waals surface area contributed by atoms with Gasteiger partial charge >= 0.3 is 0 Å². The lowest BCUT2D eigenvalue weighted by molar-refractivity contribution is 0.348. The summed E-state index contributed by atoms with van der Waals surface area (Å²) in [5.74, 6) is 0.930. The Kier molecular flexibility index (Phi) is 5.48. The molecule has 0 aliphatic carbocycles. The Morgan fingerprint density at radius 2 is 1.94 bits per heavy atom. The zero-order valence-corrected chi connectivity index (χ0v) is 12.3. The summed E-state index contributed by atoms with van der Waals surface area (Å²) in [6.45, 7) is 9.72. The first-order valence-corrected chi connectivity index (χ1v) is 6.55. The molecule has 0 atom stereocenters. The van der Waals surface area contributed by atoms with E-state index in [-0.39, 0.29) is 5.41 Å². The lowest BCUT2D eigenvalue weighted by Crippen LogP contribution is -2.39. The van der Waals surface area contributed by atoms with Gasteiger partial charge in [-0.3, -0.25) is 0 Å². The van der Waals surface area contributed by atoms with E-state index in [0.29, 0.717) is 0 Å². The number of nitrogens with zero attached hydrogens (tertiary/aromatic N) is 1. The molecule has 0 aliphatic heterocycles. The van der Waals surface area contributed by atoms with Crippen LogP contribution in [-0.2, 0) is 0 Å². The standard InChI is InChI=1S/C15H26N2O/c1-6-16-11-15(2,3)12-17(4)13-9-7-8-10-14(13)18-5/h7-10,16H,6,11-12H2,1-5H3. The minimum Gasteiger partial charge on any atom is -0.495 e. The third-order valence-electron chi connectivity index (χ3n) is 3.02. The molecule has 0 radical (unpaired) electrons. The van der Waals surface area contributed by atoms with E-state index in [0.717, 1.165) is 31.1 Å². The third kappa shape index (κ3) is 4.22. The highest BCUT2D eigenvalue weighted by atomic mass is 16.5. The quantitative estimate of drug-likeness (QED) is 0.805. The zero-order valence-electron chi connectivity index (χ0n) is 12.3. The number of methoxy groups -OCH3 is 1. The van der Waals surface area contributed by atoms with Gasteiger partial charge in [-0.25, -0.2) is 0 Å². The second-order valence-electron chi connectivity index (χ2n) is 5.47. The number of rotatable bonds is 7. The minimum atomic E-state index is 0.228. The van der Waals surface area contributed by atoms with Gasteiger partial charge in [0.15, 0.2) is 0 Å². The van der Waals surface area contributed by atoms with E-state index < -0.39 is 0 Å². The van der Waals surface area contributed by atoms with Crippen molar-refractivity contribution in [1.82, 2.24) is 5.32 Å². The Balaban J connectivity index is 2.72. The van der Waals surface area contributed by atoms with Crippen LogP contribution in [0, 0.1) is 5.41 Å². The first kappa shape index (κ1) is 14.8. The maximum Gasteiger partial charge on any atom is 0.142 e. The summed E-state index contributed by atoms with van der Waals surface area (Å²) < 4.78 is 5.40. The molecule has 1 aromatic rings. The number of ether oxygens (including phenoxy) is 1. The number of nitrogens with one attached hydrogen (secondary N) is 1. The molecule has 0 fully saturated rings. The van der Waals surface area contributed by atoms with Crippen LogP contribution in [0.25, 0.3) is 0 Å². The van der Waals surface area contributed by atoms with Crippen molar-refractivity contribution in [3.63, 3.8) is 0 Å². The van der Waals surface area contributed by atoms with Gasteiger partial charge < -0.3 is 15.0 Å². The molecular weight excluding hydrogens is 224 g/mol. The van der Waals surface area contributed by atoms with Crippen LogP contribution in [0.5, 0.6) is 5.75 Å². The highest BCUT2D eigenvalue weighted by Crippen LogP contribution is 2.29. The second kappa shape index (κ2) is 6.64. The highest BCUT2D eigenvalue weighted by Gasteiger charge is 2.21. The number of anilines is 1. The monoisotopic (exact) mass is 250 g/mol. The van der Waals surface area contributed by atoms with E-state index in [1.807, 2.05) is 18.2 Å². The second-order valence-corrected chi connectivity index (χ2v) is 5.47. The Morgan fingerprint density at radius 3 is 2.56 bits per heavy atom. The predicted octanol–water partition coefficient (Wildman–Crippen LogP) is 2.77. The van der Waals surface area contributed by atoms with E-state index in [9.17, 15) is 0 Å². The molecule has 102 valence electrons. The molecule has 0 unspecified atom stereocenters. The van der Waals surface area contributed by atoms with Gasteiger partial charge in [-0.2, -0.15) is 0 Å². The van der Waals surface area contributed by atoms with Gasteiger partial charge in [-0.15, -0.1) is 0 Å². The van der Waals surface area contributed by atoms with Crippen LogP contribution >= 0.6 is 0 Å². The summed E-state index contributed by atoms with van der Waals surface area (Å²) in [4.78, 5) is 2.26. The van der Waals surface area contributed by atoms with Gasteiger partial charge in [0.2, 0.25) is 0 Å². The van der Waals surface area contributed by atoms with Crippen molar-refractivity contribution in [2.75, 3.05) is 38.7 Å². The van der Waals surface area contributed by atoms with Crippen molar-refractivity contribution in [2.45, 2.75) is 20.8 Å². The van der Waals surface area contributed by atoms with Gasteiger partial charge in [0, 0.05) is 20.1 Å². The van der Waals surface area contributed by atoms with E-state index in [1.54, 1.807) is 7.11 Å². The SMILES string of the molecule is CCNCC(C)(C)CN(C)c1ccccc1OC. The third-order valence-corrected chi connectivity index (χ3v) is 3.02. The Morgan fingerprint density at radius 1 is 1.28 bits per heavy atom. The molecule has 0 aromatic heterocycles. The molecule has 0 saturated carbocycles. The zero-order chi connectivity index (χ0) is 13.6. The largest absolute Gasteiger partial charge is 0.495 e. The van der Waals surface area contributed by atoms with Crippen molar-refractivity contribution >= 4 is 5.69 Å². The number of hydrogen-bond donors (Lipinski definition) is 1. The lowest BCUT2D eigenvalue weighted by Gasteiger charge is -2.32. The number of hydrogen-bond acceptors (Lipinski definition) is 3. The fraction of sp³-hybridized carbons (Fsp3) is 0.600. The first-order chi connectivity index (χ1) is 8.50. The van der Waals surface area contributed by atoms with E-state index in [2.05, 4.69) is 44.1 Å². The average molecular weight is 250 g/mol. The molecule has 0 saturated heterocycles. The fourth-order valence-electron chi connectivity index (χ4n) is 2.19. The highest BCUT2D eigenvalue weighted by molar-refractivity contribution is 5.57. The number of para-hydroxylation sites is 2. The van der Waals surface area contributed by atoms with Crippen molar-refractivity contribution in [1.29, 1.82) is 0 Å². The van der Waals surface area contributed by atoms with Crippen LogP contribution in [-0.4, -0.2) is 33.8 Å². The van der Waals surface area contributed by atoms with E-state index >= 15 is 0 Å². The van der Waals surface area contributed by atoms with Gasteiger partial charge in [-0.1, -0.05) is 32.9 Å². The van der Waals surface area contributed by atoms with E-state index in [4.69, 9.17) is 4.74 Å². The molecule has 18 heavy (non-hydrogen) atoms. The molecule has 1 aromatic carbocycles. The Hall–Kier alpha value is -1.22. The Bertz CT molecular complexity index is 363. The molecular formula is C15H26N2O. The summed E-state index contributed by atoms with van der Waals surface area (Å²) >= 11 is 0. The molecule has 1 rings (SSSR count). The van der Waals surface area contributed by atoms with Crippen LogP contribution in [0.2, 0.25) is 0 Å². The molecule has 0 amide bonds. The van der Waals surface area contributed by atoms with Crippen LogP contribution in [0.3, 0.4) is 0 Å². The lowest BCUT2D eigenvalue weighted by atomic mass is 9.92. The number of benzene rings is 1. The smallest absolute Gasteiger partial charge is 0.142 e. The van der Waals surface area contributed by atoms with Crippen molar-refractivity contribution < 1.29 is 4.74 Å². The predicted molar refractivity (Wildman–Crippen MR) is 78.6 cm³/mol. The average Bonchev–Trinajstić information content (AvgIpc) is 2.35.